The second-order valence-corrected chi connectivity index (χ2v) is 8.50. The molecule has 1 aliphatic heterocycles. The molecular weight excluding hydrogens is 409 g/mol. The summed E-state index contributed by atoms with van der Waals surface area (Å²) in [4.78, 5) is 11.4. The molecule has 2 aromatic heterocycles. The number of aromatic nitrogens is 3. The van der Waals surface area contributed by atoms with E-state index < -0.39 is 28.1 Å². The highest BCUT2D eigenvalue weighted by molar-refractivity contribution is 7.89. The maximum atomic E-state index is 12.8. The van der Waals surface area contributed by atoms with Crippen molar-refractivity contribution < 1.29 is 31.1 Å². The molecule has 1 aliphatic rings. The van der Waals surface area contributed by atoms with Crippen LogP contribution < -0.4 is 4.72 Å². The molecule has 0 saturated heterocycles. The van der Waals surface area contributed by atoms with E-state index in [2.05, 4.69) is 19.7 Å². The van der Waals surface area contributed by atoms with E-state index >= 15 is 0 Å². The van der Waals surface area contributed by atoms with E-state index in [9.17, 15) is 26.4 Å². The van der Waals surface area contributed by atoms with Gasteiger partial charge in [0.2, 0.25) is 10.0 Å². The summed E-state index contributed by atoms with van der Waals surface area (Å²) in [6, 6.07) is 1.27. The summed E-state index contributed by atoms with van der Waals surface area (Å²) in [6.45, 7) is -0.210. The largest absolute Gasteiger partial charge is 0.465 e. The minimum atomic E-state index is -4.30. The Kier molecular flexibility index (Phi) is 5.27. The highest BCUT2D eigenvalue weighted by atomic mass is 32.2. The minimum Gasteiger partial charge on any atom is -0.465 e. The highest BCUT2D eigenvalue weighted by Crippen LogP contribution is 2.34. The molecule has 0 radical (unpaired) electrons. The standard InChI is InChI=1S/C14H15F3N4O4S2/c1-25-13(22)12-9(3-5-26-12)27(23,24)18-7-11-20-19-10-6-8(14(15,16)17)2-4-21(10)11/h3,5,8,18H,2,4,6-7H2,1H3/t8-/m1/s1. The van der Waals surface area contributed by atoms with E-state index in [0.29, 0.717) is 0 Å². The summed E-state index contributed by atoms with van der Waals surface area (Å²) >= 11 is 0.924. The molecule has 0 spiro atoms. The summed E-state index contributed by atoms with van der Waals surface area (Å²) in [5.41, 5.74) is 0. The molecule has 0 amide bonds. The summed E-state index contributed by atoms with van der Waals surface area (Å²) < 4.78 is 71.8. The number of hydrogen-bond acceptors (Lipinski definition) is 7. The molecule has 1 N–H and O–H groups in total. The fourth-order valence-electron chi connectivity index (χ4n) is 2.79. The lowest BCUT2D eigenvalue weighted by Crippen LogP contribution is -2.32. The lowest BCUT2D eigenvalue weighted by molar-refractivity contribution is -0.179. The Morgan fingerprint density at radius 1 is 1.44 bits per heavy atom. The number of esters is 1. The quantitative estimate of drug-likeness (QED) is 0.734. The summed E-state index contributed by atoms with van der Waals surface area (Å²) in [7, 11) is -2.90. The van der Waals surface area contributed by atoms with Crippen LogP contribution in [0.4, 0.5) is 13.2 Å². The molecule has 27 heavy (non-hydrogen) atoms. The van der Waals surface area contributed by atoms with E-state index in [-0.39, 0.29) is 47.4 Å². The molecular formula is C14H15F3N4O4S2. The molecule has 0 unspecified atom stereocenters. The predicted molar refractivity (Wildman–Crippen MR) is 87.6 cm³/mol. The van der Waals surface area contributed by atoms with Crippen LogP contribution in [0, 0.1) is 5.92 Å². The van der Waals surface area contributed by atoms with E-state index in [1.807, 2.05) is 0 Å². The van der Waals surface area contributed by atoms with Gasteiger partial charge in [-0.15, -0.1) is 21.5 Å². The molecule has 0 aromatic carbocycles. The number of hydrogen-bond donors (Lipinski definition) is 1. The molecule has 13 heteroatoms. The Morgan fingerprint density at radius 3 is 2.85 bits per heavy atom. The van der Waals surface area contributed by atoms with E-state index in [4.69, 9.17) is 0 Å². The highest BCUT2D eigenvalue weighted by Gasteiger charge is 2.42. The molecule has 3 rings (SSSR count). The molecule has 0 aliphatic carbocycles. The lowest BCUT2D eigenvalue weighted by Gasteiger charge is -2.25. The second-order valence-electron chi connectivity index (χ2n) is 5.85. The van der Waals surface area contributed by atoms with Crippen LogP contribution >= 0.6 is 11.3 Å². The SMILES string of the molecule is COC(=O)c1sccc1S(=O)(=O)NCc1nnc2n1CC[C@@H](C(F)(F)F)C2. The fourth-order valence-corrected chi connectivity index (χ4v) is 5.10. The molecule has 1 atom stereocenters. The van der Waals surface area contributed by atoms with Gasteiger partial charge in [0.25, 0.3) is 0 Å². The van der Waals surface area contributed by atoms with Crippen LogP contribution in [0.15, 0.2) is 16.3 Å². The Balaban J connectivity index is 1.74. The number of nitrogens with one attached hydrogen (secondary N) is 1. The van der Waals surface area contributed by atoms with Gasteiger partial charge in [0.15, 0.2) is 0 Å². The first-order chi connectivity index (χ1) is 12.6. The van der Waals surface area contributed by atoms with Gasteiger partial charge in [0.05, 0.1) is 19.6 Å². The fraction of sp³-hybridized carbons (Fsp3) is 0.500. The maximum Gasteiger partial charge on any atom is 0.392 e. The van der Waals surface area contributed by atoms with Crippen molar-refractivity contribution in [3.05, 3.63) is 28.0 Å². The van der Waals surface area contributed by atoms with Crippen LogP contribution in [0.5, 0.6) is 0 Å². The van der Waals surface area contributed by atoms with Crippen molar-refractivity contribution in [2.75, 3.05) is 7.11 Å². The van der Waals surface area contributed by atoms with Crippen LogP contribution in [0.25, 0.3) is 0 Å². The normalized spacial score (nSPS) is 17.6. The van der Waals surface area contributed by atoms with Gasteiger partial charge in [-0.2, -0.15) is 13.2 Å². The zero-order valence-electron chi connectivity index (χ0n) is 14.0. The third-order valence-corrected chi connectivity index (χ3v) is 6.67. The predicted octanol–water partition coefficient (Wildman–Crippen LogP) is 1.73. The van der Waals surface area contributed by atoms with Crippen molar-refractivity contribution in [3.63, 3.8) is 0 Å². The number of halogens is 3. The number of ether oxygens (including phenoxy) is 1. The number of fused-ring (bicyclic) bond motifs is 1. The van der Waals surface area contributed by atoms with Crippen LogP contribution in [0.2, 0.25) is 0 Å². The van der Waals surface area contributed by atoms with Crippen molar-refractivity contribution >= 4 is 27.3 Å². The van der Waals surface area contributed by atoms with Gasteiger partial charge in [-0.05, 0) is 17.9 Å². The third-order valence-electron chi connectivity index (χ3n) is 4.21. The van der Waals surface area contributed by atoms with Gasteiger partial charge in [0, 0.05) is 13.0 Å². The van der Waals surface area contributed by atoms with Crippen molar-refractivity contribution in [2.45, 2.75) is 37.0 Å². The van der Waals surface area contributed by atoms with Crippen LogP contribution in [-0.2, 0) is 34.3 Å². The Labute approximate surface area is 156 Å². The average Bonchev–Trinajstić information content (AvgIpc) is 3.25. The third kappa shape index (κ3) is 3.99. The topological polar surface area (TPSA) is 103 Å². The van der Waals surface area contributed by atoms with Crippen molar-refractivity contribution in [1.29, 1.82) is 0 Å². The zero-order chi connectivity index (χ0) is 19.8. The molecule has 148 valence electrons. The zero-order valence-corrected chi connectivity index (χ0v) is 15.6. The number of carbonyl (C=O) groups is 1. The number of sulfonamides is 1. The molecule has 0 bridgehead atoms. The van der Waals surface area contributed by atoms with Gasteiger partial charge in [-0.25, -0.2) is 17.9 Å². The molecule has 0 saturated carbocycles. The van der Waals surface area contributed by atoms with Gasteiger partial charge in [-0.1, -0.05) is 0 Å². The number of carbonyl (C=O) groups excluding carboxylic acids is 1. The van der Waals surface area contributed by atoms with Crippen LogP contribution in [0.1, 0.15) is 27.7 Å². The molecule has 2 aromatic rings. The second kappa shape index (κ2) is 7.20. The summed E-state index contributed by atoms with van der Waals surface area (Å²) in [6.07, 6.45) is -4.71. The first-order valence-corrected chi connectivity index (χ1v) is 10.1. The minimum absolute atomic E-state index is 0.0510. The first-order valence-electron chi connectivity index (χ1n) is 7.76. The smallest absolute Gasteiger partial charge is 0.392 e. The van der Waals surface area contributed by atoms with Crippen molar-refractivity contribution in [2.24, 2.45) is 5.92 Å². The van der Waals surface area contributed by atoms with E-state index in [1.54, 1.807) is 0 Å². The molecule has 8 nitrogen and oxygen atoms in total. The summed E-state index contributed by atoms with van der Waals surface area (Å²) in [5.74, 6) is -1.87. The summed E-state index contributed by atoms with van der Waals surface area (Å²) in [5, 5.41) is 8.99. The number of nitrogens with zero attached hydrogens (tertiary/aromatic N) is 3. The maximum absolute atomic E-state index is 12.8. The van der Waals surface area contributed by atoms with Crippen LogP contribution in [-0.4, -0.2) is 42.4 Å². The lowest BCUT2D eigenvalue weighted by atomic mass is 9.97. The van der Waals surface area contributed by atoms with Crippen molar-refractivity contribution in [3.8, 4) is 0 Å². The molecule has 0 fully saturated rings. The van der Waals surface area contributed by atoms with Gasteiger partial charge in [-0.3, -0.25) is 0 Å². The van der Waals surface area contributed by atoms with E-state index in [0.717, 1.165) is 18.4 Å². The van der Waals surface area contributed by atoms with Crippen molar-refractivity contribution in [1.82, 2.24) is 19.5 Å². The Morgan fingerprint density at radius 2 is 2.19 bits per heavy atom. The van der Waals surface area contributed by atoms with Gasteiger partial charge >= 0.3 is 12.1 Å². The van der Waals surface area contributed by atoms with Gasteiger partial charge < -0.3 is 9.30 Å². The number of thiophene rings is 1. The monoisotopic (exact) mass is 424 g/mol. The van der Waals surface area contributed by atoms with Crippen LogP contribution in [0.3, 0.4) is 0 Å². The Bertz CT molecular complexity index is 952. The molecule has 3 heterocycles. The number of alkyl halides is 3. The first kappa shape index (κ1) is 19.8. The number of rotatable bonds is 5. The Hall–Kier alpha value is -1.99. The average molecular weight is 424 g/mol. The number of methoxy groups -OCH3 is 1. The van der Waals surface area contributed by atoms with E-state index in [1.165, 1.54) is 16.0 Å². The van der Waals surface area contributed by atoms with Gasteiger partial charge in [0.1, 0.15) is 21.4 Å².